The van der Waals surface area contributed by atoms with E-state index in [1.54, 1.807) is 0 Å². The van der Waals surface area contributed by atoms with Gasteiger partial charge in [0.2, 0.25) is 10.0 Å². The fourth-order valence-electron chi connectivity index (χ4n) is 1.09. The van der Waals surface area contributed by atoms with Crippen LogP contribution in [0, 0.1) is 5.82 Å². The molecule has 0 bridgehead atoms. The van der Waals surface area contributed by atoms with Crippen LogP contribution in [0.25, 0.3) is 0 Å². The van der Waals surface area contributed by atoms with Gasteiger partial charge in [-0.2, -0.15) is 4.31 Å². The molecular formula is C9H10BrClFNO2S. The maximum Gasteiger partial charge on any atom is 0.224 e. The molecular weight excluding hydrogens is 321 g/mol. The Labute approximate surface area is 107 Å². The van der Waals surface area contributed by atoms with Crippen LogP contribution in [-0.2, 0) is 16.6 Å². The van der Waals surface area contributed by atoms with E-state index in [2.05, 4.69) is 15.9 Å². The monoisotopic (exact) mass is 329 g/mol. The summed E-state index contributed by atoms with van der Waals surface area (Å²) in [4.78, 5) is 0. The molecule has 1 rings (SSSR count). The van der Waals surface area contributed by atoms with E-state index in [1.807, 2.05) is 0 Å². The molecule has 0 spiro atoms. The van der Waals surface area contributed by atoms with Gasteiger partial charge in [-0.15, -0.1) is 0 Å². The molecule has 0 atom stereocenters. The van der Waals surface area contributed by atoms with E-state index >= 15 is 0 Å². The van der Waals surface area contributed by atoms with Crippen molar-refractivity contribution in [1.29, 1.82) is 0 Å². The highest BCUT2D eigenvalue weighted by molar-refractivity contribution is 9.10. The average Bonchev–Trinajstić information content (AvgIpc) is 2.23. The Kier molecular flexibility index (Phi) is 4.73. The highest BCUT2D eigenvalue weighted by atomic mass is 79.9. The van der Waals surface area contributed by atoms with Gasteiger partial charge < -0.3 is 0 Å². The van der Waals surface area contributed by atoms with Gasteiger partial charge in [0.25, 0.3) is 0 Å². The number of hydrogen-bond acceptors (Lipinski definition) is 2. The predicted molar refractivity (Wildman–Crippen MR) is 65.6 cm³/mol. The third kappa shape index (κ3) is 3.16. The Morgan fingerprint density at radius 1 is 1.50 bits per heavy atom. The molecule has 0 saturated carbocycles. The zero-order chi connectivity index (χ0) is 12.3. The summed E-state index contributed by atoms with van der Waals surface area (Å²) in [6.07, 6.45) is 0. The van der Waals surface area contributed by atoms with Gasteiger partial charge in [-0.05, 0) is 12.1 Å². The number of sulfonamides is 1. The quantitative estimate of drug-likeness (QED) is 0.796. The van der Waals surface area contributed by atoms with E-state index in [0.29, 0.717) is 0 Å². The van der Waals surface area contributed by atoms with Gasteiger partial charge in [0.15, 0.2) is 0 Å². The van der Waals surface area contributed by atoms with Gasteiger partial charge in [-0.25, -0.2) is 12.8 Å². The standard InChI is InChI=1S/C9H10BrClFNO2S/c1-13(16(14,15)6-10)5-7-8(11)3-2-4-9(7)12/h2-4H,5-6H2,1H3. The van der Waals surface area contributed by atoms with Gasteiger partial charge in [0.1, 0.15) is 10.5 Å². The minimum atomic E-state index is -3.41. The molecule has 0 aliphatic carbocycles. The highest BCUT2D eigenvalue weighted by Crippen LogP contribution is 2.21. The number of halogens is 3. The molecule has 7 heteroatoms. The zero-order valence-corrected chi connectivity index (χ0v) is 11.6. The smallest absolute Gasteiger partial charge is 0.211 e. The van der Waals surface area contributed by atoms with E-state index in [1.165, 1.54) is 25.2 Å². The van der Waals surface area contributed by atoms with Crippen LogP contribution in [0.4, 0.5) is 4.39 Å². The molecule has 3 nitrogen and oxygen atoms in total. The summed E-state index contributed by atoms with van der Waals surface area (Å²) in [5.74, 6) is -0.510. The molecule has 90 valence electrons. The van der Waals surface area contributed by atoms with Crippen molar-refractivity contribution in [1.82, 2.24) is 4.31 Å². The Morgan fingerprint density at radius 2 is 2.12 bits per heavy atom. The van der Waals surface area contributed by atoms with Crippen LogP contribution in [-0.4, -0.2) is 24.4 Å². The van der Waals surface area contributed by atoms with Crippen LogP contribution >= 0.6 is 27.5 Å². The molecule has 0 amide bonds. The van der Waals surface area contributed by atoms with Crippen molar-refractivity contribution in [3.8, 4) is 0 Å². The average molecular weight is 331 g/mol. The molecule has 16 heavy (non-hydrogen) atoms. The lowest BCUT2D eigenvalue weighted by Gasteiger charge is -2.16. The normalized spacial score (nSPS) is 12.1. The van der Waals surface area contributed by atoms with Crippen molar-refractivity contribution < 1.29 is 12.8 Å². The SMILES string of the molecule is CN(Cc1c(F)cccc1Cl)S(=O)(=O)CBr. The third-order valence-corrected chi connectivity index (χ3v) is 5.50. The lowest BCUT2D eigenvalue weighted by molar-refractivity contribution is 0.460. The molecule has 0 aromatic heterocycles. The van der Waals surface area contributed by atoms with Crippen LogP contribution < -0.4 is 0 Å². The van der Waals surface area contributed by atoms with Crippen LogP contribution in [0.2, 0.25) is 5.02 Å². The Morgan fingerprint density at radius 3 is 2.62 bits per heavy atom. The molecule has 1 aromatic carbocycles. The molecule has 0 saturated heterocycles. The minimum Gasteiger partial charge on any atom is -0.211 e. The molecule has 1 aromatic rings. The lowest BCUT2D eigenvalue weighted by atomic mass is 10.2. The number of benzene rings is 1. The molecule has 0 fully saturated rings. The van der Waals surface area contributed by atoms with E-state index in [0.717, 1.165) is 4.31 Å². The molecule has 0 aliphatic rings. The second kappa shape index (κ2) is 5.44. The van der Waals surface area contributed by atoms with Crippen molar-refractivity contribution in [2.75, 3.05) is 11.7 Å². The summed E-state index contributed by atoms with van der Waals surface area (Å²) < 4.78 is 37.1. The van der Waals surface area contributed by atoms with Crippen molar-refractivity contribution >= 4 is 37.6 Å². The van der Waals surface area contributed by atoms with E-state index in [9.17, 15) is 12.8 Å². The Hall–Kier alpha value is -0.170. The minimum absolute atomic E-state index is 0.0839. The number of alkyl halides is 1. The number of hydrogen-bond donors (Lipinski definition) is 0. The Bertz CT molecular complexity index is 460. The van der Waals surface area contributed by atoms with Crippen molar-refractivity contribution in [3.05, 3.63) is 34.6 Å². The first kappa shape index (κ1) is 13.9. The summed E-state index contributed by atoms with van der Waals surface area (Å²) in [5.41, 5.74) is 0.177. The summed E-state index contributed by atoms with van der Waals surface area (Å²) in [6, 6.07) is 4.24. The first-order chi connectivity index (χ1) is 7.38. The third-order valence-electron chi connectivity index (χ3n) is 2.06. The van der Waals surface area contributed by atoms with Gasteiger partial charge in [-0.3, -0.25) is 0 Å². The fraction of sp³-hybridized carbons (Fsp3) is 0.333. The lowest BCUT2D eigenvalue weighted by Crippen LogP contribution is -2.27. The van der Waals surface area contributed by atoms with Gasteiger partial charge in [0.05, 0.1) is 0 Å². The Balaban J connectivity index is 2.98. The van der Waals surface area contributed by atoms with Crippen molar-refractivity contribution in [3.63, 3.8) is 0 Å². The van der Waals surface area contributed by atoms with Gasteiger partial charge in [0, 0.05) is 24.2 Å². The molecule has 0 aliphatic heterocycles. The fourth-order valence-corrected chi connectivity index (χ4v) is 2.85. The topological polar surface area (TPSA) is 37.4 Å². The predicted octanol–water partition coefficient (Wildman–Crippen LogP) is 2.59. The van der Waals surface area contributed by atoms with Crippen LogP contribution in [0.15, 0.2) is 18.2 Å². The summed E-state index contributed by atoms with van der Waals surface area (Å²) in [5, 5.41) is 0.219. The largest absolute Gasteiger partial charge is 0.224 e. The van der Waals surface area contributed by atoms with E-state index in [-0.39, 0.29) is 21.8 Å². The second-order valence-corrected chi connectivity index (χ2v) is 6.96. The molecule has 0 radical (unpaired) electrons. The maximum absolute atomic E-state index is 13.4. The molecule has 0 heterocycles. The van der Waals surface area contributed by atoms with Gasteiger partial charge >= 0.3 is 0 Å². The van der Waals surface area contributed by atoms with Crippen LogP contribution in [0.3, 0.4) is 0 Å². The first-order valence-electron chi connectivity index (χ1n) is 4.31. The van der Waals surface area contributed by atoms with Crippen LogP contribution in [0.1, 0.15) is 5.56 Å². The van der Waals surface area contributed by atoms with Crippen molar-refractivity contribution in [2.45, 2.75) is 6.54 Å². The summed E-state index contributed by atoms with van der Waals surface area (Å²) in [7, 11) is -2.03. The summed E-state index contributed by atoms with van der Waals surface area (Å²) >= 11 is 8.66. The van der Waals surface area contributed by atoms with E-state index < -0.39 is 15.8 Å². The number of nitrogens with zero attached hydrogens (tertiary/aromatic N) is 1. The second-order valence-electron chi connectivity index (χ2n) is 3.18. The summed E-state index contributed by atoms with van der Waals surface area (Å²) in [6.45, 7) is -0.0839. The van der Waals surface area contributed by atoms with Crippen LogP contribution in [0.5, 0.6) is 0 Å². The highest BCUT2D eigenvalue weighted by Gasteiger charge is 2.19. The molecule has 0 N–H and O–H groups in total. The van der Waals surface area contributed by atoms with E-state index in [4.69, 9.17) is 11.6 Å². The van der Waals surface area contributed by atoms with Crippen molar-refractivity contribution in [2.24, 2.45) is 0 Å². The first-order valence-corrected chi connectivity index (χ1v) is 7.42. The van der Waals surface area contributed by atoms with Gasteiger partial charge in [-0.1, -0.05) is 33.6 Å². The number of rotatable bonds is 4. The zero-order valence-electron chi connectivity index (χ0n) is 8.45. The maximum atomic E-state index is 13.4. The molecule has 0 unspecified atom stereocenters.